The van der Waals surface area contributed by atoms with Crippen molar-refractivity contribution in [3.8, 4) is 0 Å². The standard InChI is InChI=1S/C8H18.C4H10O/c1-4-5-6-7-8(2)3;1-4(2)5-3/h8H,4-7H2,1-3H3;4H,1-3H3. The van der Waals surface area contributed by atoms with Gasteiger partial charge in [-0.15, -0.1) is 0 Å². The van der Waals surface area contributed by atoms with E-state index >= 15 is 0 Å². The van der Waals surface area contributed by atoms with Crippen molar-refractivity contribution >= 4 is 0 Å². The van der Waals surface area contributed by atoms with Gasteiger partial charge in [0.1, 0.15) is 0 Å². The molecule has 0 radical (unpaired) electrons. The van der Waals surface area contributed by atoms with Crippen LogP contribution < -0.4 is 0 Å². The molecule has 0 aliphatic heterocycles. The van der Waals surface area contributed by atoms with Crippen LogP contribution in [0.1, 0.15) is 60.3 Å². The summed E-state index contributed by atoms with van der Waals surface area (Å²) in [4.78, 5) is 0. The minimum atomic E-state index is 0.384. The number of hydrogen-bond donors (Lipinski definition) is 0. The average Bonchev–Trinajstić information content (AvgIpc) is 2.05. The number of rotatable bonds is 5. The molecule has 0 unspecified atom stereocenters. The van der Waals surface area contributed by atoms with Gasteiger partial charge in [0, 0.05) is 7.11 Å². The third-order valence-corrected chi connectivity index (χ3v) is 1.86. The van der Waals surface area contributed by atoms with E-state index in [0.29, 0.717) is 6.10 Å². The van der Waals surface area contributed by atoms with Gasteiger partial charge in [-0.3, -0.25) is 0 Å². The minimum absolute atomic E-state index is 0.384. The van der Waals surface area contributed by atoms with Gasteiger partial charge in [0.05, 0.1) is 6.10 Å². The highest BCUT2D eigenvalue weighted by atomic mass is 16.5. The summed E-state index contributed by atoms with van der Waals surface area (Å²) >= 11 is 0. The van der Waals surface area contributed by atoms with Gasteiger partial charge < -0.3 is 4.74 Å². The molecule has 82 valence electrons. The van der Waals surface area contributed by atoms with Gasteiger partial charge in [-0.1, -0.05) is 46.5 Å². The maximum atomic E-state index is 4.75. The van der Waals surface area contributed by atoms with Crippen molar-refractivity contribution in [2.75, 3.05) is 7.11 Å². The summed E-state index contributed by atoms with van der Waals surface area (Å²) in [5.41, 5.74) is 0. The second kappa shape index (κ2) is 12.0. The van der Waals surface area contributed by atoms with E-state index in [2.05, 4.69) is 20.8 Å². The van der Waals surface area contributed by atoms with E-state index in [1.54, 1.807) is 7.11 Å². The lowest BCUT2D eigenvalue weighted by Gasteiger charge is -2.00. The first kappa shape index (κ1) is 15.4. The Morgan fingerprint density at radius 1 is 1.00 bits per heavy atom. The van der Waals surface area contributed by atoms with Gasteiger partial charge in [-0.2, -0.15) is 0 Å². The SMILES string of the molecule is CCCCCC(C)C.COC(C)C. The molecule has 0 aromatic heterocycles. The number of unbranched alkanes of at least 4 members (excludes halogenated alkanes) is 2. The summed E-state index contributed by atoms with van der Waals surface area (Å²) in [7, 11) is 1.70. The van der Waals surface area contributed by atoms with Crippen molar-refractivity contribution in [2.45, 2.75) is 66.4 Å². The maximum absolute atomic E-state index is 4.75. The van der Waals surface area contributed by atoms with E-state index in [1.165, 1.54) is 25.7 Å². The normalized spacial score (nSPS) is 10.2. The predicted molar refractivity (Wildman–Crippen MR) is 61.1 cm³/mol. The first-order valence-electron chi connectivity index (χ1n) is 5.57. The van der Waals surface area contributed by atoms with Gasteiger partial charge in [0.25, 0.3) is 0 Å². The van der Waals surface area contributed by atoms with Crippen molar-refractivity contribution in [2.24, 2.45) is 5.92 Å². The molecule has 0 aromatic carbocycles. The average molecular weight is 188 g/mol. The van der Waals surface area contributed by atoms with E-state index in [4.69, 9.17) is 4.74 Å². The Bertz CT molecular complexity index is 77.2. The Morgan fingerprint density at radius 3 is 1.69 bits per heavy atom. The molecule has 13 heavy (non-hydrogen) atoms. The molecule has 0 bridgehead atoms. The van der Waals surface area contributed by atoms with Gasteiger partial charge in [-0.25, -0.2) is 0 Å². The van der Waals surface area contributed by atoms with Crippen LogP contribution >= 0.6 is 0 Å². The minimum Gasteiger partial charge on any atom is -0.382 e. The van der Waals surface area contributed by atoms with Crippen LogP contribution in [0.25, 0.3) is 0 Å². The summed E-state index contributed by atoms with van der Waals surface area (Å²) in [6.45, 7) is 10.8. The first-order chi connectivity index (χ1) is 6.04. The zero-order chi connectivity index (χ0) is 10.7. The topological polar surface area (TPSA) is 9.23 Å². The molecular formula is C12H28O. The van der Waals surface area contributed by atoms with Crippen LogP contribution in [0.4, 0.5) is 0 Å². The van der Waals surface area contributed by atoms with Crippen molar-refractivity contribution < 1.29 is 4.74 Å². The highest BCUT2D eigenvalue weighted by Crippen LogP contribution is 2.06. The van der Waals surface area contributed by atoms with E-state index in [1.807, 2.05) is 13.8 Å². The van der Waals surface area contributed by atoms with Gasteiger partial charge >= 0.3 is 0 Å². The van der Waals surface area contributed by atoms with Crippen molar-refractivity contribution in [1.82, 2.24) is 0 Å². The maximum Gasteiger partial charge on any atom is 0.0515 e. The van der Waals surface area contributed by atoms with Crippen molar-refractivity contribution in [3.05, 3.63) is 0 Å². The van der Waals surface area contributed by atoms with Gasteiger partial charge in [0.2, 0.25) is 0 Å². The summed E-state index contributed by atoms with van der Waals surface area (Å²) in [5.74, 6) is 0.904. The van der Waals surface area contributed by atoms with Gasteiger partial charge in [-0.05, 0) is 19.8 Å². The molecule has 0 rings (SSSR count). The Balaban J connectivity index is 0. The zero-order valence-electron chi connectivity index (χ0n) is 10.4. The number of hydrogen-bond acceptors (Lipinski definition) is 1. The lowest BCUT2D eigenvalue weighted by atomic mass is 10.1. The van der Waals surface area contributed by atoms with E-state index < -0.39 is 0 Å². The molecule has 1 heteroatoms. The molecule has 0 aromatic rings. The van der Waals surface area contributed by atoms with Crippen LogP contribution in [0.2, 0.25) is 0 Å². The summed E-state index contributed by atoms with van der Waals surface area (Å²) < 4.78 is 4.75. The first-order valence-corrected chi connectivity index (χ1v) is 5.57. The second-order valence-corrected chi connectivity index (χ2v) is 4.17. The Labute approximate surface area is 84.9 Å². The Kier molecular flexibility index (Phi) is 14.2. The quantitative estimate of drug-likeness (QED) is 0.586. The van der Waals surface area contributed by atoms with E-state index in [-0.39, 0.29) is 0 Å². The fourth-order valence-corrected chi connectivity index (χ4v) is 0.803. The number of ether oxygens (including phenoxy) is 1. The summed E-state index contributed by atoms with van der Waals surface area (Å²) in [6.07, 6.45) is 5.99. The summed E-state index contributed by atoms with van der Waals surface area (Å²) in [6, 6.07) is 0. The second-order valence-electron chi connectivity index (χ2n) is 4.17. The van der Waals surface area contributed by atoms with Crippen LogP contribution in [-0.4, -0.2) is 13.2 Å². The largest absolute Gasteiger partial charge is 0.382 e. The lowest BCUT2D eigenvalue weighted by molar-refractivity contribution is 0.134. The molecule has 0 N–H and O–H groups in total. The van der Waals surface area contributed by atoms with Crippen LogP contribution in [0.5, 0.6) is 0 Å². The smallest absolute Gasteiger partial charge is 0.0515 e. The monoisotopic (exact) mass is 188 g/mol. The highest BCUT2D eigenvalue weighted by Gasteiger charge is 1.90. The third kappa shape index (κ3) is 24.5. The molecule has 0 spiro atoms. The molecule has 0 fully saturated rings. The van der Waals surface area contributed by atoms with Crippen LogP contribution in [0, 0.1) is 5.92 Å². The van der Waals surface area contributed by atoms with Crippen LogP contribution in [0.3, 0.4) is 0 Å². The fraction of sp³-hybridized carbons (Fsp3) is 1.00. The molecule has 0 atom stereocenters. The highest BCUT2D eigenvalue weighted by molar-refractivity contribution is 4.44. The zero-order valence-corrected chi connectivity index (χ0v) is 10.4. The summed E-state index contributed by atoms with van der Waals surface area (Å²) in [5, 5.41) is 0. The van der Waals surface area contributed by atoms with Crippen molar-refractivity contribution in [1.29, 1.82) is 0 Å². The molecule has 0 aliphatic carbocycles. The molecule has 0 saturated carbocycles. The molecule has 1 nitrogen and oxygen atoms in total. The van der Waals surface area contributed by atoms with E-state index in [9.17, 15) is 0 Å². The Hall–Kier alpha value is -0.0400. The molecular weight excluding hydrogens is 160 g/mol. The molecule has 0 saturated heterocycles. The van der Waals surface area contributed by atoms with Crippen LogP contribution in [-0.2, 0) is 4.74 Å². The van der Waals surface area contributed by atoms with Crippen LogP contribution in [0.15, 0.2) is 0 Å². The molecule has 0 amide bonds. The fourth-order valence-electron chi connectivity index (χ4n) is 0.803. The van der Waals surface area contributed by atoms with Crippen molar-refractivity contribution in [3.63, 3.8) is 0 Å². The lowest BCUT2D eigenvalue weighted by Crippen LogP contribution is -1.94. The third-order valence-electron chi connectivity index (χ3n) is 1.86. The molecule has 0 heterocycles. The number of methoxy groups -OCH3 is 1. The van der Waals surface area contributed by atoms with E-state index in [0.717, 1.165) is 5.92 Å². The van der Waals surface area contributed by atoms with Gasteiger partial charge in [0.15, 0.2) is 0 Å². The predicted octanol–water partition coefficient (Wildman–Crippen LogP) is 4.26. The Morgan fingerprint density at radius 2 is 1.46 bits per heavy atom. The molecule has 0 aliphatic rings.